The molecule has 0 aliphatic heterocycles. The van der Waals surface area contributed by atoms with Crippen molar-refractivity contribution in [2.24, 2.45) is 11.7 Å². The molecular weight excluding hydrogens is 236 g/mol. The van der Waals surface area contributed by atoms with Crippen molar-refractivity contribution in [3.63, 3.8) is 0 Å². The topological polar surface area (TPSA) is 38.5 Å². The number of hydrogen-bond donors (Lipinski definition) is 1. The van der Waals surface area contributed by atoms with Crippen LogP contribution in [0.1, 0.15) is 25.0 Å². The lowest BCUT2D eigenvalue weighted by Gasteiger charge is -2.46. The monoisotopic (exact) mass is 264 g/mol. The summed E-state index contributed by atoms with van der Waals surface area (Å²) in [5.74, 6) is 0.406. The van der Waals surface area contributed by atoms with E-state index >= 15 is 0 Å². The van der Waals surface area contributed by atoms with Crippen molar-refractivity contribution in [2.45, 2.75) is 33.2 Å². The summed E-state index contributed by atoms with van der Waals surface area (Å²) in [6, 6.07) is 6.53. The molecule has 0 saturated carbocycles. The third kappa shape index (κ3) is 3.10. The predicted octanol–water partition coefficient (Wildman–Crippen LogP) is 2.74. The molecule has 0 saturated heterocycles. The molecule has 2 N–H and O–H groups in total. The van der Waals surface area contributed by atoms with Crippen LogP contribution in [0.5, 0.6) is 0 Å². The van der Waals surface area contributed by atoms with Gasteiger partial charge in [-0.1, -0.05) is 31.5 Å². The highest BCUT2D eigenvalue weighted by Gasteiger charge is 2.37. The molecule has 0 spiro atoms. The van der Waals surface area contributed by atoms with Gasteiger partial charge in [0.15, 0.2) is 0 Å². The smallest absolute Gasteiger partial charge is 0.0776 e. The fraction of sp³-hybridized carbons (Fsp3) is 0.625. The highest BCUT2D eigenvalue weighted by molar-refractivity contribution is 5.56. The quantitative estimate of drug-likeness (QED) is 0.858. The number of aryl methyl sites for hydroxylation is 2. The molecule has 0 fully saturated rings. The zero-order valence-corrected chi connectivity index (χ0v) is 13.2. The minimum Gasteiger partial charge on any atom is -0.382 e. The third-order valence-corrected chi connectivity index (χ3v) is 4.20. The second-order valence-electron chi connectivity index (χ2n) is 5.74. The van der Waals surface area contributed by atoms with Crippen LogP contribution in [0.25, 0.3) is 0 Å². The normalized spacial score (nSPS) is 14.5. The summed E-state index contributed by atoms with van der Waals surface area (Å²) in [7, 11) is 3.85. The Morgan fingerprint density at radius 3 is 2.37 bits per heavy atom. The Morgan fingerprint density at radius 1 is 1.32 bits per heavy atom. The van der Waals surface area contributed by atoms with E-state index < -0.39 is 0 Å². The Bertz CT molecular complexity index is 417. The van der Waals surface area contributed by atoms with Crippen LogP contribution in [0, 0.1) is 19.8 Å². The van der Waals surface area contributed by atoms with E-state index in [2.05, 4.69) is 57.8 Å². The van der Waals surface area contributed by atoms with Gasteiger partial charge in [0, 0.05) is 26.4 Å². The highest BCUT2D eigenvalue weighted by atomic mass is 16.5. The maximum atomic E-state index is 6.09. The molecule has 1 aromatic rings. The van der Waals surface area contributed by atoms with Crippen LogP contribution in [0.2, 0.25) is 0 Å². The highest BCUT2D eigenvalue weighted by Crippen LogP contribution is 2.31. The average Bonchev–Trinajstić information content (AvgIpc) is 2.35. The molecule has 0 aliphatic carbocycles. The molecule has 19 heavy (non-hydrogen) atoms. The number of nitrogens with zero attached hydrogens (tertiary/aromatic N) is 1. The third-order valence-electron chi connectivity index (χ3n) is 4.20. The van der Waals surface area contributed by atoms with Gasteiger partial charge in [-0.05, 0) is 31.4 Å². The Morgan fingerprint density at radius 2 is 1.95 bits per heavy atom. The molecule has 1 atom stereocenters. The molecule has 0 bridgehead atoms. The number of methoxy groups -OCH3 is 1. The van der Waals surface area contributed by atoms with Gasteiger partial charge in [-0.25, -0.2) is 0 Å². The molecular formula is C16H28N2O. The molecule has 1 rings (SSSR count). The Balaban J connectivity index is 3.22. The molecule has 0 heterocycles. The van der Waals surface area contributed by atoms with Gasteiger partial charge >= 0.3 is 0 Å². The van der Waals surface area contributed by atoms with E-state index in [-0.39, 0.29) is 5.54 Å². The van der Waals surface area contributed by atoms with Crippen molar-refractivity contribution >= 4 is 5.69 Å². The fourth-order valence-electron chi connectivity index (χ4n) is 2.75. The molecule has 0 aliphatic rings. The van der Waals surface area contributed by atoms with Crippen molar-refractivity contribution in [3.8, 4) is 0 Å². The van der Waals surface area contributed by atoms with Gasteiger partial charge in [-0.15, -0.1) is 0 Å². The van der Waals surface area contributed by atoms with E-state index in [1.54, 1.807) is 7.11 Å². The summed E-state index contributed by atoms with van der Waals surface area (Å²) in [5.41, 5.74) is 9.70. The molecule has 0 aromatic heterocycles. The second kappa shape index (κ2) is 6.40. The first kappa shape index (κ1) is 16.0. The minimum absolute atomic E-state index is 0.172. The van der Waals surface area contributed by atoms with Crippen molar-refractivity contribution in [2.75, 3.05) is 32.2 Å². The van der Waals surface area contributed by atoms with Crippen LogP contribution < -0.4 is 10.6 Å². The number of likely N-dealkylation sites (N-methyl/N-ethyl adjacent to an activating group) is 1. The van der Waals surface area contributed by atoms with Crippen molar-refractivity contribution in [1.82, 2.24) is 0 Å². The first-order valence-electron chi connectivity index (χ1n) is 6.89. The van der Waals surface area contributed by atoms with E-state index in [0.717, 1.165) is 0 Å². The molecule has 0 amide bonds. The number of benzene rings is 1. The van der Waals surface area contributed by atoms with Crippen molar-refractivity contribution in [1.29, 1.82) is 0 Å². The summed E-state index contributed by atoms with van der Waals surface area (Å²) >= 11 is 0. The largest absolute Gasteiger partial charge is 0.382 e. The van der Waals surface area contributed by atoms with Crippen LogP contribution >= 0.6 is 0 Å². The number of ether oxygens (including phenoxy) is 1. The van der Waals surface area contributed by atoms with Gasteiger partial charge < -0.3 is 15.4 Å². The summed E-state index contributed by atoms with van der Waals surface area (Å²) in [4.78, 5) is 2.29. The standard InChI is InChI=1S/C16H28N2O/c1-12(2)16(10-17,11-19-6)18(5)15-8-7-13(3)9-14(15)4/h7-9,12H,10-11,17H2,1-6H3. The van der Waals surface area contributed by atoms with Gasteiger partial charge in [0.25, 0.3) is 0 Å². The van der Waals surface area contributed by atoms with Crippen LogP contribution in [0.3, 0.4) is 0 Å². The number of rotatable bonds is 6. The van der Waals surface area contributed by atoms with Crippen LogP contribution in [0.4, 0.5) is 5.69 Å². The summed E-state index contributed by atoms with van der Waals surface area (Å²) in [6.07, 6.45) is 0. The Labute approximate surface area is 117 Å². The van der Waals surface area contributed by atoms with Gasteiger partial charge in [-0.2, -0.15) is 0 Å². The van der Waals surface area contributed by atoms with Gasteiger partial charge in [0.1, 0.15) is 0 Å². The van der Waals surface area contributed by atoms with Gasteiger partial charge in [-0.3, -0.25) is 0 Å². The first-order chi connectivity index (χ1) is 8.89. The van der Waals surface area contributed by atoms with E-state index in [1.165, 1.54) is 16.8 Å². The molecule has 1 unspecified atom stereocenters. The summed E-state index contributed by atoms with van der Waals surface area (Å²) in [6.45, 7) is 9.86. The predicted molar refractivity (Wildman–Crippen MR) is 82.8 cm³/mol. The van der Waals surface area contributed by atoms with Crippen LogP contribution in [0.15, 0.2) is 18.2 Å². The number of anilines is 1. The fourth-order valence-corrected chi connectivity index (χ4v) is 2.75. The van der Waals surface area contributed by atoms with E-state index in [9.17, 15) is 0 Å². The van der Waals surface area contributed by atoms with E-state index in [4.69, 9.17) is 10.5 Å². The second-order valence-corrected chi connectivity index (χ2v) is 5.74. The van der Waals surface area contributed by atoms with Gasteiger partial charge in [0.2, 0.25) is 0 Å². The average molecular weight is 264 g/mol. The zero-order chi connectivity index (χ0) is 14.6. The Hall–Kier alpha value is -1.06. The summed E-state index contributed by atoms with van der Waals surface area (Å²) < 4.78 is 5.44. The molecule has 108 valence electrons. The zero-order valence-electron chi connectivity index (χ0n) is 13.2. The molecule has 3 heteroatoms. The lowest BCUT2D eigenvalue weighted by molar-refractivity contribution is 0.106. The lowest BCUT2D eigenvalue weighted by Crippen LogP contribution is -2.59. The molecule has 3 nitrogen and oxygen atoms in total. The minimum atomic E-state index is -0.172. The van der Waals surface area contributed by atoms with Crippen LogP contribution in [-0.4, -0.2) is 32.8 Å². The van der Waals surface area contributed by atoms with E-state index in [0.29, 0.717) is 19.1 Å². The number of nitrogens with two attached hydrogens (primary N) is 1. The first-order valence-corrected chi connectivity index (χ1v) is 6.89. The maximum Gasteiger partial charge on any atom is 0.0776 e. The Kier molecular flexibility index (Phi) is 5.39. The maximum absolute atomic E-state index is 6.09. The molecule has 1 aromatic carbocycles. The molecule has 0 radical (unpaired) electrons. The van der Waals surface area contributed by atoms with Crippen LogP contribution in [-0.2, 0) is 4.74 Å². The summed E-state index contributed by atoms with van der Waals surface area (Å²) in [5, 5.41) is 0. The SMILES string of the molecule is COCC(CN)(C(C)C)N(C)c1ccc(C)cc1C. The van der Waals surface area contributed by atoms with Crippen molar-refractivity contribution < 1.29 is 4.74 Å². The number of hydrogen-bond acceptors (Lipinski definition) is 3. The lowest BCUT2D eigenvalue weighted by atomic mass is 9.84. The van der Waals surface area contributed by atoms with E-state index in [1.807, 2.05) is 0 Å². The van der Waals surface area contributed by atoms with Gasteiger partial charge in [0.05, 0.1) is 12.1 Å². The van der Waals surface area contributed by atoms with Crippen molar-refractivity contribution in [3.05, 3.63) is 29.3 Å².